The Balaban J connectivity index is 1.39. The molecule has 8 heteroatoms. The van der Waals surface area contributed by atoms with Crippen LogP contribution in [0.3, 0.4) is 0 Å². The molecule has 3 amide bonds. The molecule has 2 N–H and O–H groups in total. The number of hydrogen-bond donors (Lipinski definition) is 2. The summed E-state index contributed by atoms with van der Waals surface area (Å²) in [6, 6.07) is 20.6. The van der Waals surface area contributed by atoms with Gasteiger partial charge in [0.25, 0.3) is 5.91 Å². The molecule has 1 aromatic heterocycles. The molecule has 3 aromatic carbocycles. The Morgan fingerprint density at radius 1 is 0.951 bits per heavy atom. The summed E-state index contributed by atoms with van der Waals surface area (Å²) in [6.45, 7) is 6.10. The van der Waals surface area contributed by atoms with Gasteiger partial charge in [-0.25, -0.2) is 4.98 Å². The zero-order valence-corrected chi connectivity index (χ0v) is 23.9. The zero-order chi connectivity index (χ0) is 29.5. The minimum Gasteiger partial charge on any atom is -0.487 e. The number of benzene rings is 3. The summed E-state index contributed by atoms with van der Waals surface area (Å²) in [7, 11) is 3.26. The van der Waals surface area contributed by atoms with E-state index in [0.717, 1.165) is 44.5 Å². The summed E-state index contributed by atoms with van der Waals surface area (Å²) in [5.74, 6) is -0.121. The van der Waals surface area contributed by atoms with Crippen LogP contribution in [-0.4, -0.2) is 43.3 Å². The number of carbonyl (C=O) groups excluding carboxylic acids is 3. The molecule has 0 saturated heterocycles. The van der Waals surface area contributed by atoms with Crippen molar-refractivity contribution in [1.29, 1.82) is 0 Å². The maximum absolute atomic E-state index is 13.0. The van der Waals surface area contributed by atoms with Crippen molar-refractivity contribution in [3.05, 3.63) is 106 Å². The molecule has 8 nitrogen and oxygen atoms in total. The number of aromatic nitrogens is 1. The molecular weight excluding hydrogens is 516 g/mol. The Bertz CT molecular complexity index is 1630. The lowest BCUT2D eigenvalue weighted by atomic mass is 10.0. The lowest BCUT2D eigenvalue weighted by Gasteiger charge is -2.23. The third kappa shape index (κ3) is 6.97. The molecular formula is C33H34N4O4. The largest absolute Gasteiger partial charge is 0.487 e. The SMILES string of the molecule is CNC(=O)c1ccc(/C=C/C(=O)NCC(=O)N(C)c2ccc(C)c(COc3cccc4ccc(C)nc34)c2C)cc1. The number of para-hydroxylation sites is 1. The van der Waals surface area contributed by atoms with Crippen molar-refractivity contribution >= 4 is 40.4 Å². The van der Waals surface area contributed by atoms with Gasteiger partial charge in [-0.2, -0.15) is 0 Å². The van der Waals surface area contributed by atoms with E-state index in [9.17, 15) is 14.4 Å². The average Bonchev–Trinajstić information content (AvgIpc) is 2.98. The second-order valence-corrected chi connectivity index (χ2v) is 9.78. The Morgan fingerprint density at radius 2 is 1.71 bits per heavy atom. The minimum atomic E-state index is -0.393. The number of carbonyl (C=O) groups is 3. The summed E-state index contributed by atoms with van der Waals surface area (Å²) in [5.41, 5.74) is 6.74. The van der Waals surface area contributed by atoms with Gasteiger partial charge in [0.2, 0.25) is 11.8 Å². The number of nitrogens with one attached hydrogen (secondary N) is 2. The second kappa shape index (κ2) is 12.9. The average molecular weight is 551 g/mol. The number of anilines is 1. The maximum atomic E-state index is 13.0. The number of hydrogen-bond acceptors (Lipinski definition) is 5. The van der Waals surface area contributed by atoms with Crippen LogP contribution in [0.1, 0.15) is 38.3 Å². The van der Waals surface area contributed by atoms with E-state index in [1.165, 1.54) is 6.08 Å². The number of ether oxygens (including phenoxy) is 1. The maximum Gasteiger partial charge on any atom is 0.251 e. The molecule has 0 aliphatic rings. The van der Waals surface area contributed by atoms with Crippen LogP contribution in [0, 0.1) is 20.8 Å². The van der Waals surface area contributed by atoms with E-state index in [1.807, 2.05) is 63.2 Å². The molecule has 0 aliphatic heterocycles. The van der Waals surface area contributed by atoms with Crippen molar-refractivity contribution in [3.63, 3.8) is 0 Å². The van der Waals surface area contributed by atoms with Crippen LogP contribution in [-0.2, 0) is 16.2 Å². The fourth-order valence-electron chi connectivity index (χ4n) is 4.49. The van der Waals surface area contributed by atoms with Gasteiger partial charge in [0, 0.05) is 42.5 Å². The molecule has 0 bridgehead atoms. The highest BCUT2D eigenvalue weighted by molar-refractivity contribution is 5.99. The third-order valence-electron chi connectivity index (χ3n) is 6.97. The van der Waals surface area contributed by atoms with Gasteiger partial charge in [-0.15, -0.1) is 0 Å². The molecule has 0 fully saturated rings. The standard InChI is InChI=1S/C33H34N4O4/c1-21-9-17-28(23(3)27(21)20-41-29-8-6-7-25-14-10-22(2)36-32(25)29)37(5)31(39)19-35-30(38)18-13-24-11-15-26(16-12-24)33(40)34-4/h6-18H,19-20H2,1-5H3,(H,34,40)(H,35,38)/b18-13+. The first-order chi connectivity index (χ1) is 19.7. The van der Waals surface area contributed by atoms with Crippen molar-refractivity contribution in [2.75, 3.05) is 25.5 Å². The highest BCUT2D eigenvalue weighted by Gasteiger charge is 2.17. The number of aryl methyl sites for hydroxylation is 2. The van der Waals surface area contributed by atoms with Crippen molar-refractivity contribution in [3.8, 4) is 5.75 Å². The van der Waals surface area contributed by atoms with Gasteiger partial charge < -0.3 is 20.3 Å². The van der Waals surface area contributed by atoms with E-state index in [1.54, 1.807) is 49.3 Å². The number of rotatable bonds is 9. The predicted octanol–water partition coefficient (Wildman–Crippen LogP) is 4.89. The molecule has 210 valence electrons. The first kappa shape index (κ1) is 29.0. The van der Waals surface area contributed by atoms with Crippen molar-refractivity contribution in [1.82, 2.24) is 15.6 Å². The van der Waals surface area contributed by atoms with Gasteiger partial charge in [0.15, 0.2) is 0 Å². The quantitative estimate of drug-likeness (QED) is 0.289. The Hall–Kier alpha value is -4.98. The van der Waals surface area contributed by atoms with Crippen molar-refractivity contribution in [2.45, 2.75) is 27.4 Å². The van der Waals surface area contributed by atoms with Crippen LogP contribution >= 0.6 is 0 Å². The summed E-state index contributed by atoms with van der Waals surface area (Å²) < 4.78 is 6.23. The van der Waals surface area contributed by atoms with Crippen LogP contribution in [0.4, 0.5) is 5.69 Å². The molecule has 0 atom stereocenters. The van der Waals surface area contributed by atoms with Gasteiger partial charge in [-0.3, -0.25) is 14.4 Å². The molecule has 41 heavy (non-hydrogen) atoms. The topological polar surface area (TPSA) is 101 Å². The Labute approximate surface area is 240 Å². The second-order valence-electron chi connectivity index (χ2n) is 9.78. The molecule has 4 aromatic rings. The molecule has 4 rings (SSSR count). The van der Waals surface area contributed by atoms with Crippen molar-refractivity contribution in [2.24, 2.45) is 0 Å². The van der Waals surface area contributed by atoms with Gasteiger partial charge in [0.1, 0.15) is 17.9 Å². The highest BCUT2D eigenvalue weighted by atomic mass is 16.5. The highest BCUT2D eigenvalue weighted by Crippen LogP contribution is 2.29. The fourth-order valence-corrected chi connectivity index (χ4v) is 4.49. The van der Waals surface area contributed by atoms with Crippen LogP contribution in [0.25, 0.3) is 17.0 Å². The number of pyridine rings is 1. The minimum absolute atomic E-state index is 0.157. The molecule has 1 heterocycles. The first-order valence-corrected chi connectivity index (χ1v) is 13.3. The Kier molecular flexibility index (Phi) is 9.14. The number of fused-ring (bicyclic) bond motifs is 1. The number of nitrogens with zero attached hydrogens (tertiary/aromatic N) is 2. The number of amides is 3. The monoisotopic (exact) mass is 550 g/mol. The molecule has 0 unspecified atom stereocenters. The zero-order valence-electron chi connectivity index (χ0n) is 23.9. The lowest BCUT2D eigenvalue weighted by molar-refractivity contribution is -0.122. The van der Waals surface area contributed by atoms with Gasteiger partial charge >= 0.3 is 0 Å². The normalized spacial score (nSPS) is 11.0. The van der Waals surface area contributed by atoms with Crippen molar-refractivity contribution < 1.29 is 19.1 Å². The summed E-state index contributed by atoms with van der Waals surface area (Å²) in [5, 5.41) is 6.22. The molecule has 0 saturated carbocycles. The van der Waals surface area contributed by atoms with Gasteiger partial charge in [0.05, 0.1) is 6.54 Å². The summed E-state index contributed by atoms with van der Waals surface area (Å²) in [4.78, 5) is 43.2. The van der Waals surface area contributed by atoms with E-state index in [4.69, 9.17) is 4.74 Å². The van der Waals surface area contributed by atoms with Gasteiger partial charge in [-0.05, 0) is 79.4 Å². The van der Waals surface area contributed by atoms with E-state index >= 15 is 0 Å². The molecule has 0 radical (unpaired) electrons. The molecule has 0 aliphatic carbocycles. The molecule has 0 spiro atoms. The summed E-state index contributed by atoms with van der Waals surface area (Å²) in [6.07, 6.45) is 2.98. The van der Waals surface area contributed by atoms with E-state index < -0.39 is 5.91 Å². The number of likely N-dealkylation sites (N-methyl/N-ethyl adjacent to an activating group) is 1. The van der Waals surface area contributed by atoms with E-state index in [-0.39, 0.29) is 18.4 Å². The lowest BCUT2D eigenvalue weighted by Crippen LogP contribution is -2.38. The Morgan fingerprint density at radius 3 is 2.44 bits per heavy atom. The summed E-state index contributed by atoms with van der Waals surface area (Å²) >= 11 is 0. The van der Waals surface area contributed by atoms with Crippen LogP contribution in [0.2, 0.25) is 0 Å². The van der Waals surface area contributed by atoms with E-state index in [2.05, 4.69) is 15.6 Å². The van der Waals surface area contributed by atoms with Crippen LogP contribution in [0.5, 0.6) is 5.75 Å². The predicted molar refractivity (Wildman–Crippen MR) is 162 cm³/mol. The van der Waals surface area contributed by atoms with Crippen LogP contribution in [0.15, 0.2) is 72.8 Å². The third-order valence-corrected chi connectivity index (χ3v) is 6.97. The first-order valence-electron chi connectivity index (χ1n) is 13.3. The van der Waals surface area contributed by atoms with E-state index in [0.29, 0.717) is 17.9 Å². The van der Waals surface area contributed by atoms with Crippen LogP contribution < -0.4 is 20.3 Å². The smallest absolute Gasteiger partial charge is 0.251 e. The van der Waals surface area contributed by atoms with Gasteiger partial charge in [-0.1, -0.05) is 36.4 Å². The fraction of sp³-hybridized carbons (Fsp3) is 0.212.